The zero-order valence-electron chi connectivity index (χ0n) is 15.2. The Bertz CT molecular complexity index is 777. The minimum absolute atomic E-state index is 0.158. The summed E-state index contributed by atoms with van der Waals surface area (Å²) >= 11 is 0. The number of aliphatic hydroxyl groups excluding tert-OH is 1. The van der Waals surface area contributed by atoms with E-state index in [4.69, 9.17) is 0 Å². The molecule has 0 bridgehead atoms. The fourth-order valence-corrected chi connectivity index (χ4v) is 3.63. The number of carbonyl (C=O) groups is 4. The number of aromatic nitrogens is 3. The normalized spacial score (nSPS) is 23.9. The first-order valence-electron chi connectivity index (χ1n) is 8.68. The lowest BCUT2D eigenvalue weighted by Crippen LogP contribution is -2.73. The van der Waals surface area contributed by atoms with Gasteiger partial charge < -0.3 is 25.0 Å². The monoisotopic (exact) mass is 378 g/mol. The SMILES string of the molecule is CC(O)C(C=O)NC(=O)CN1CC2(CCCN2C(=O)c2ncnn2C)C1=O. The second-order valence-electron chi connectivity index (χ2n) is 6.93. The van der Waals surface area contributed by atoms with E-state index in [1.54, 1.807) is 7.05 Å². The number of rotatable bonds is 6. The fraction of sp³-hybridized carbons (Fsp3) is 0.625. The van der Waals surface area contributed by atoms with Crippen LogP contribution in [0.25, 0.3) is 0 Å². The Morgan fingerprint density at radius 1 is 1.48 bits per heavy atom. The van der Waals surface area contributed by atoms with Crippen molar-refractivity contribution in [2.24, 2.45) is 7.05 Å². The predicted octanol–water partition coefficient (Wildman–Crippen LogP) is -2.30. The third-order valence-electron chi connectivity index (χ3n) is 5.10. The third-order valence-corrected chi connectivity index (χ3v) is 5.10. The topological polar surface area (TPSA) is 138 Å². The molecule has 3 amide bonds. The van der Waals surface area contributed by atoms with Gasteiger partial charge in [-0.1, -0.05) is 0 Å². The molecule has 11 heteroatoms. The van der Waals surface area contributed by atoms with E-state index in [1.165, 1.54) is 27.7 Å². The van der Waals surface area contributed by atoms with Gasteiger partial charge in [-0.3, -0.25) is 14.4 Å². The Hall–Kier alpha value is -2.82. The van der Waals surface area contributed by atoms with Crippen molar-refractivity contribution in [3.05, 3.63) is 12.2 Å². The highest BCUT2D eigenvalue weighted by Crippen LogP contribution is 2.39. The smallest absolute Gasteiger partial charge is 0.292 e. The Kier molecular flexibility index (Phi) is 4.96. The molecule has 1 aromatic rings. The van der Waals surface area contributed by atoms with Gasteiger partial charge in [0.1, 0.15) is 24.2 Å². The zero-order valence-corrected chi connectivity index (χ0v) is 15.2. The van der Waals surface area contributed by atoms with E-state index in [1.807, 2.05) is 0 Å². The van der Waals surface area contributed by atoms with Crippen LogP contribution in [0.15, 0.2) is 6.33 Å². The van der Waals surface area contributed by atoms with Crippen LogP contribution >= 0.6 is 0 Å². The number of hydrogen-bond acceptors (Lipinski definition) is 7. The Labute approximate surface area is 155 Å². The summed E-state index contributed by atoms with van der Waals surface area (Å²) in [7, 11) is 1.60. The molecule has 2 saturated heterocycles. The minimum atomic E-state index is -1.03. The molecule has 1 spiro atoms. The van der Waals surface area contributed by atoms with E-state index in [0.717, 1.165) is 0 Å². The summed E-state index contributed by atoms with van der Waals surface area (Å²) < 4.78 is 1.36. The molecule has 146 valence electrons. The van der Waals surface area contributed by atoms with Crippen LogP contribution in [0, 0.1) is 0 Å². The van der Waals surface area contributed by atoms with Gasteiger partial charge >= 0.3 is 0 Å². The number of nitrogens with one attached hydrogen (secondary N) is 1. The largest absolute Gasteiger partial charge is 0.391 e. The Morgan fingerprint density at radius 3 is 2.78 bits per heavy atom. The van der Waals surface area contributed by atoms with Gasteiger partial charge in [0.2, 0.25) is 11.7 Å². The maximum Gasteiger partial charge on any atom is 0.292 e. The maximum atomic E-state index is 12.8. The van der Waals surface area contributed by atoms with Crippen molar-refractivity contribution in [3.8, 4) is 0 Å². The molecule has 2 aliphatic rings. The van der Waals surface area contributed by atoms with Crippen molar-refractivity contribution in [3.63, 3.8) is 0 Å². The van der Waals surface area contributed by atoms with Crippen molar-refractivity contribution < 1.29 is 24.3 Å². The molecular formula is C16H22N6O5. The van der Waals surface area contributed by atoms with Gasteiger partial charge in [0, 0.05) is 13.6 Å². The molecule has 0 aliphatic carbocycles. The van der Waals surface area contributed by atoms with Crippen molar-refractivity contribution in [1.82, 2.24) is 29.9 Å². The fourth-order valence-electron chi connectivity index (χ4n) is 3.63. The number of nitrogens with zero attached hydrogens (tertiary/aromatic N) is 5. The molecule has 11 nitrogen and oxygen atoms in total. The molecule has 2 fully saturated rings. The number of aryl methyl sites for hydroxylation is 1. The molecule has 3 heterocycles. The zero-order chi connectivity index (χ0) is 19.8. The molecule has 1 aromatic heterocycles. The van der Waals surface area contributed by atoms with Crippen LogP contribution in [0.5, 0.6) is 0 Å². The van der Waals surface area contributed by atoms with Crippen LogP contribution in [-0.2, 0) is 21.4 Å². The number of β-lactam (4-membered cyclic amide) rings is 1. The molecule has 0 radical (unpaired) electrons. The van der Waals surface area contributed by atoms with Crippen LogP contribution in [0.4, 0.5) is 0 Å². The van der Waals surface area contributed by atoms with Crippen LogP contribution in [0.1, 0.15) is 30.4 Å². The molecule has 3 atom stereocenters. The van der Waals surface area contributed by atoms with Crippen LogP contribution in [0.3, 0.4) is 0 Å². The number of amides is 3. The van der Waals surface area contributed by atoms with E-state index in [-0.39, 0.29) is 30.7 Å². The van der Waals surface area contributed by atoms with Gasteiger partial charge in [-0.15, -0.1) is 0 Å². The van der Waals surface area contributed by atoms with Gasteiger partial charge in [0.25, 0.3) is 11.8 Å². The van der Waals surface area contributed by atoms with Gasteiger partial charge in [0.05, 0.1) is 19.2 Å². The lowest BCUT2D eigenvalue weighted by molar-refractivity contribution is -0.161. The Morgan fingerprint density at radius 2 is 2.22 bits per heavy atom. The highest BCUT2D eigenvalue weighted by molar-refractivity contribution is 6.02. The van der Waals surface area contributed by atoms with Crippen LogP contribution < -0.4 is 5.32 Å². The summed E-state index contributed by atoms with van der Waals surface area (Å²) in [5.41, 5.74) is -0.947. The predicted molar refractivity (Wildman–Crippen MR) is 90.3 cm³/mol. The molecule has 27 heavy (non-hydrogen) atoms. The van der Waals surface area contributed by atoms with Crippen LogP contribution in [-0.4, -0.2) is 91.0 Å². The van der Waals surface area contributed by atoms with Crippen molar-refractivity contribution >= 4 is 24.0 Å². The third kappa shape index (κ3) is 3.18. The van der Waals surface area contributed by atoms with Gasteiger partial charge in [0.15, 0.2) is 0 Å². The molecule has 2 N–H and O–H groups in total. The molecule has 3 rings (SSSR count). The number of likely N-dealkylation sites (tertiary alicyclic amines) is 2. The summed E-state index contributed by atoms with van der Waals surface area (Å²) in [6.45, 7) is 1.83. The van der Waals surface area contributed by atoms with E-state index in [2.05, 4.69) is 15.4 Å². The maximum absolute atomic E-state index is 12.8. The number of aliphatic hydroxyl groups is 1. The molecular weight excluding hydrogens is 356 g/mol. The van der Waals surface area contributed by atoms with Gasteiger partial charge in [-0.2, -0.15) is 5.10 Å². The van der Waals surface area contributed by atoms with E-state index < -0.39 is 23.6 Å². The second kappa shape index (κ2) is 7.06. The molecule has 0 saturated carbocycles. The van der Waals surface area contributed by atoms with Crippen LogP contribution in [0.2, 0.25) is 0 Å². The van der Waals surface area contributed by atoms with Gasteiger partial charge in [-0.05, 0) is 19.8 Å². The van der Waals surface area contributed by atoms with E-state index in [9.17, 15) is 24.3 Å². The quantitative estimate of drug-likeness (QED) is 0.419. The average Bonchev–Trinajstić information content (AvgIpc) is 3.26. The van der Waals surface area contributed by atoms with Crippen molar-refractivity contribution in [1.29, 1.82) is 0 Å². The number of aldehydes is 1. The Balaban J connectivity index is 1.65. The first-order chi connectivity index (χ1) is 12.8. The van der Waals surface area contributed by atoms with Gasteiger partial charge in [-0.25, -0.2) is 9.67 Å². The molecule has 3 unspecified atom stereocenters. The first kappa shape index (κ1) is 19.0. The minimum Gasteiger partial charge on any atom is -0.391 e. The van der Waals surface area contributed by atoms with E-state index in [0.29, 0.717) is 25.7 Å². The summed E-state index contributed by atoms with van der Waals surface area (Å²) in [5, 5.41) is 15.7. The lowest BCUT2D eigenvalue weighted by Gasteiger charge is -2.50. The summed E-state index contributed by atoms with van der Waals surface area (Å²) in [6, 6.07) is -1.02. The van der Waals surface area contributed by atoms with E-state index >= 15 is 0 Å². The number of carbonyl (C=O) groups excluding carboxylic acids is 4. The van der Waals surface area contributed by atoms with Crippen molar-refractivity contribution in [2.45, 2.75) is 37.5 Å². The summed E-state index contributed by atoms with van der Waals surface area (Å²) in [6.07, 6.45) is 1.91. The lowest BCUT2D eigenvalue weighted by atomic mass is 9.85. The second-order valence-corrected chi connectivity index (χ2v) is 6.93. The van der Waals surface area contributed by atoms with Crippen molar-refractivity contribution in [2.75, 3.05) is 19.6 Å². The molecule has 0 aromatic carbocycles. The highest BCUT2D eigenvalue weighted by atomic mass is 16.3. The average molecular weight is 378 g/mol. The number of hydrogen-bond donors (Lipinski definition) is 2. The molecule has 2 aliphatic heterocycles. The summed E-state index contributed by atoms with van der Waals surface area (Å²) in [4.78, 5) is 55.2. The summed E-state index contributed by atoms with van der Waals surface area (Å²) in [5.74, 6) is -1.04. The standard InChI is InChI=1S/C16H22N6O5/c1-10(24)11(7-23)19-12(25)6-21-8-16(15(21)27)4-3-5-22(16)14(26)13-17-9-18-20(13)2/h7,9-11,24H,3-6,8H2,1-2H3,(H,19,25). The first-order valence-corrected chi connectivity index (χ1v) is 8.68. The highest BCUT2D eigenvalue weighted by Gasteiger charge is 2.60.